The van der Waals surface area contributed by atoms with Gasteiger partial charge >= 0.3 is 5.97 Å². The van der Waals surface area contributed by atoms with E-state index in [-0.39, 0.29) is 30.5 Å². The van der Waals surface area contributed by atoms with Crippen LogP contribution < -0.4 is 10.9 Å². The van der Waals surface area contributed by atoms with Crippen LogP contribution in [0.15, 0.2) is 45.1 Å². The van der Waals surface area contributed by atoms with Gasteiger partial charge in [-0.3, -0.25) is 4.79 Å². The second-order valence-electron chi connectivity index (χ2n) is 8.87. The number of fused-ring (bicyclic) bond motifs is 2. The van der Waals surface area contributed by atoms with Crippen LogP contribution >= 0.6 is 0 Å². The van der Waals surface area contributed by atoms with Gasteiger partial charge in [-0.1, -0.05) is 12.5 Å². The van der Waals surface area contributed by atoms with Crippen LogP contribution in [0.1, 0.15) is 62.8 Å². The van der Waals surface area contributed by atoms with Crippen molar-refractivity contribution in [2.24, 2.45) is 0 Å². The van der Waals surface area contributed by atoms with E-state index in [2.05, 4.69) is 5.32 Å². The molecule has 0 radical (unpaired) electrons. The Morgan fingerprint density at radius 3 is 2.90 bits per heavy atom. The molecule has 5 rings (SSSR count). The van der Waals surface area contributed by atoms with Gasteiger partial charge < -0.3 is 19.7 Å². The van der Waals surface area contributed by atoms with E-state index in [1.165, 1.54) is 11.1 Å². The summed E-state index contributed by atoms with van der Waals surface area (Å²) in [5.74, 6) is -0.912. The summed E-state index contributed by atoms with van der Waals surface area (Å²) in [4.78, 5) is 25.7. The van der Waals surface area contributed by atoms with E-state index in [4.69, 9.17) is 4.74 Å². The summed E-state index contributed by atoms with van der Waals surface area (Å²) in [7, 11) is 0. The minimum absolute atomic E-state index is 0.120. The summed E-state index contributed by atoms with van der Waals surface area (Å²) < 4.78 is 21.5. The van der Waals surface area contributed by atoms with Crippen molar-refractivity contribution < 1.29 is 19.0 Å². The fourth-order valence-electron chi connectivity index (χ4n) is 5.48. The molecule has 1 aromatic heterocycles. The van der Waals surface area contributed by atoms with Crippen molar-refractivity contribution in [3.8, 4) is 0 Å². The van der Waals surface area contributed by atoms with Crippen LogP contribution in [0.4, 0.5) is 4.39 Å². The molecule has 0 aromatic carbocycles. The van der Waals surface area contributed by atoms with Gasteiger partial charge in [0.25, 0.3) is 5.56 Å². The van der Waals surface area contributed by atoms with Gasteiger partial charge in [0.15, 0.2) is 5.60 Å². The molecule has 2 aliphatic heterocycles. The SMILES string of the molecule is CC[C@@]1(O)C(=O)OCc2c1cc1n(c2=O)CCC2=C3C(=C(C)C(F)=CC3NC1)CCC2. The Hall–Kier alpha value is -2.51. The van der Waals surface area contributed by atoms with Gasteiger partial charge in [-0.2, -0.15) is 0 Å². The second-order valence-corrected chi connectivity index (χ2v) is 8.87. The molecule has 4 aliphatic rings. The molecule has 0 saturated heterocycles. The second kappa shape index (κ2) is 7.28. The fourth-order valence-corrected chi connectivity index (χ4v) is 5.48. The molecule has 31 heavy (non-hydrogen) atoms. The van der Waals surface area contributed by atoms with E-state index in [0.717, 1.165) is 30.4 Å². The Morgan fingerprint density at radius 2 is 2.13 bits per heavy atom. The average Bonchev–Trinajstić information content (AvgIpc) is 2.84. The summed E-state index contributed by atoms with van der Waals surface area (Å²) in [6.07, 6.45) is 5.26. The van der Waals surface area contributed by atoms with Gasteiger partial charge in [0.05, 0.1) is 11.6 Å². The zero-order valence-electron chi connectivity index (χ0n) is 17.9. The third-order valence-corrected chi connectivity index (χ3v) is 7.32. The first kappa shape index (κ1) is 20.4. The van der Waals surface area contributed by atoms with E-state index in [9.17, 15) is 19.1 Å². The number of cyclic esters (lactones) is 1. The zero-order chi connectivity index (χ0) is 21.9. The molecule has 2 aliphatic carbocycles. The number of pyridine rings is 1. The molecule has 2 N–H and O–H groups in total. The van der Waals surface area contributed by atoms with E-state index in [0.29, 0.717) is 36.3 Å². The highest BCUT2D eigenvalue weighted by Gasteiger charge is 2.44. The van der Waals surface area contributed by atoms with Gasteiger partial charge in [-0.25, -0.2) is 9.18 Å². The molecule has 0 spiro atoms. The summed E-state index contributed by atoms with van der Waals surface area (Å²) in [6.45, 7) is 4.24. The Labute approximate surface area is 180 Å². The molecule has 164 valence electrons. The van der Waals surface area contributed by atoms with Crippen LogP contribution in [-0.4, -0.2) is 21.7 Å². The van der Waals surface area contributed by atoms with Crippen LogP contribution in [0.5, 0.6) is 0 Å². The molecule has 2 atom stereocenters. The van der Waals surface area contributed by atoms with Crippen molar-refractivity contribution >= 4 is 5.97 Å². The number of ether oxygens (including phenoxy) is 1. The molecule has 0 bridgehead atoms. The first-order valence-electron chi connectivity index (χ1n) is 11.0. The molecular formula is C24H27FN2O4. The van der Waals surface area contributed by atoms with Gasteiger partial charge in [-0.05, 0) is 67.9 Å². The third-order valence-electron chi connectivity index (χ3n) is 7.32. The molecule has 1 aromatic rings. The topological polar surface area (TPSA) is 80.6 Å². The van der Waals surface area contributed by atoms with Gasteiger partial charge in [-0.15, -0.1) is 0 Å². The Bertz CT molecular complexity index is 1140. The molecule has 0 amide bonds. The molecule has 7 heteroatoms. The number of hydrogen-bond acceptors (Lipinski definition) is 5. The van der Waals surface area contributed by atoms with Crippen molar-refractivity contribution in [1.82, 2.24) is 9.88 Å². The lowest BCUT2D eigenvalue weighted by atomic mass is 9.77. The zero-order valence-corrected chi connectivity index (χ0v) is 17.9. The monoisotopic (exact) mass is 426 g/mol. The predicted octanol–water partition coefficient (Wildman–Crippen LogP) is 3.03. The lowest BCUT2D eigenvalue weighted by Crippen LogP contribution is -2.45. The van der Waals surface area contributed by atoms with Crippen molar-refractivity contribution in [2.75, 3.05) is 0 Å². The summed E-state index contributed by atoms with van der Waals surface area (Å²) in [6, 6.07) is 1.50. The highest BCUT2D eigenvalue weighted by atomic mass is 19.1. The van der Waals surface area contributed by atoms with Crippen molar-refractivity contribution in [3.05, 3.63) is 67.4 Å². The van der Waals surface area contributed by atoms with E-state index in [1.807, 2.05) is 6.92 Å². The molecular weight excluding hydrogens is 399 g/mol. The smallest absolute Gasteiger partial charge is 0.343 e. The van der Waals surface area contributed by atoms with Crippen molar-refractivity contribution in [1.29, 1.82) is 0 Å². The maximum absolute atomic E-state index is 14.6. The van der Waals surface area contributed by atoms with Crippen molar-refractivity contribution in [3.63, 3.8) is 0 Å². The van der Waals surface area contributed by atoms with Gasteiger partial charge in [0.1, 0.15) is 12.4 Å². The summed E-state index contributed by atoms with van der Waals surface area (Å²) in [5, 5.41) is 14.4. The highest BCUT2D eigenvalue weighted by molar-refractivity contribution is 5.83. The summed E-state index contributed by atoms with van der Waals surface area (Å²) >= 11 is 0. The fraction of sp³-hybridized carbons (Fsp3) is 0.500. The number of allylic oxidation sites excluding steroid dienone is 3. The number of halogens is 1. The average molecular weight is 426 g/mol. The standard InChI is InChI=1S/C24H27FN2O4/c1-3-24(30)18-9-15-11-26-20-10-19(25)13(2)16-6-4-5-14(21(16)20)7-8-27(15)22(28)17(18)12-31-23(24)29/h9-10,20,26,30H,3-8,11-12H2,1-2H3/t20?,24-/m0/s1. The number of carbonyl (C=O) groups is 1. The van der Waals surface area contributed by atoms with E-state index < -0.39 is 11.6 Å². The first-order valence-corrected chi connectivity index (χ1v) is 11.0. The van der Waals surface area contributed by atoms with Gasteiger partial charge in [0.2, 0.25) is 0 Å². The number of esters is 1. The molecule has 6 nitrogen and oxygen atoms in total. The van der Waals surface area contributed by atoms with Crippen LogP contribution in [0.3, 0.4) is 0 Å². The van der Waals surface area contributed by atoms with Crippen LogP contribution in [0.2, 0.25) is 0 Å². The molecule has 1 unspecified atom stereocenters. The molecule has 3 heterocycles. The maximum atomic E-state index is 14.6. The number of nitrogens with zero attached hydrogens (tertiary/aromatic N) is 1. The lowest BCUT2D eigenvalue weighted by Gasteiger charge is -2.33. The highest BCUT2D eigenvalue weighted by Crippen LogP contribution is 2.41. The quantitative estimate of drug-likeness (QED) is 0.675. The van der Waals surface area contributed by atoms with E-state index >= 15 is 0 Å². The van der Waals surface area contributed by atoms with Crippen LogP contribution in [0, 0.1) is 0 Å². The minimum atomic E-state index is -1.82. The third kappa shape index (κ3) is 2.97. The maximum Gasteiger partial charge on any atom is 0.343 e. The normalized spacial score (nSPS) is 27.9. The minimum Gasteiger partial charge on any atom is -0.458 e. The Morgan fingerprint density at radius 1 is 1.32 bits per heavy atom. The van der Waals surface area contributed by atoms with Crippen LogP contribution in [-0.2, 0) is 34.8 Å². The van der Waals surface area contributed by atoms with Gasteiger partial charge in [0, 0.05) is 24.3 Å². The number of aromatic nitrogens is 1. The number of nitrogens with one attached hydrogen (secondary N) is 1. The first-order chi connectivity index (χ1) is 14.8. The Kier molecular flexibility index (Phi) is 4.79. The Balaban J connectivity index is 1.63. The molecule has 0 saturated carbocycles. The predicted molar refractivity (Wildman–Crippen MR) is 113 cm³/mol. The van der Waals surface area contributed by atoms with E-state index in [1.54, 1.807) is 23.6 Å². The number of aliphatic hydroxyl groups is 1. The lowest BCUT2D eigenvalue weighted by molar-refractivity contribution is -0.172. The number of rotatable bonds is 1. The number of carbonyl (C=O) groups excluding carboxylic acids is 1. The summed E-state index contributed by atoms with van der Waals surface area (Å²) in [5.41, 5.74) is 3.59. The van der Waals surface area contributed by atoms with Crippen molar-refractivity contribution in [2.45, 2.75) is 77.3 Å². The molecule has 0 fully saturated rings. The largest absolute Gasteiger partial charge is 0.458 e. The van der Waals surface area contributed by atoms with Crippen LogP contribution in [0.25, 0.3) is 0 Å². The number of hydrogen-bond donors (Lipinski definition) is 2.